The minimum Gasteiger partial charge on any atom is -0.381 e. The van der Waals surface area contributed by atoms with Gasteiger partial charge in [-0.15, -0.1) is 0 Å². The molecule has 0 heterocycles. The summed E-state index contributed by atoms with van der Waals surface area (Å²) in [7, 11) is 1.72. The van der Waals surface area contributed by atoms with Gasteiger partial charge in [-0.3, -0.25) is 10.3 Å². The molecule has 5 heteroatoms. The van der Waals surface area contributed by atoms with Crippen LogP contribution in [0.25, 0.3) is 0 Å². The van der Waals surface area contributed by atoms with Crippen molar-refractivity contribution in [1.29, 1.82) is 5.26 Å². The molecule has 0 radical (unpaired) electrons. The van der Waals surface area contributed by atoms with E-state index in [0.717, 1.165) is 12.8 Å². The van der Waals surface area contributed by atoms with Crippen LogP contribution < -0.4 is 5.32 Å². The summed E-state index contributed by atoms with van der Waals surface area (Å²) in [6.45, 7) is 0. The lowest BCUT2D eigenvalue weighted by Crippen LogP contribution is -2.35. The minimum absolute atomic E-state index is 0.327. The summed E-state index contributed by atoms with van der Waals surface area (Å²) in [4.78, 5) is 4.35. The first kappa shape index (κ1) is 10.4. The first-order valence-electron chi connectivity index (χ1n) is 4.09. The Morgan fingerprint density at radius 1 is 1.69 bits per heavy atom. The maximum atomic E-state index is 8.39. The normalized spacial score (nSPS) is 27.6. The van der Waals surface area contributed by atoms with Gasteiger partial charge < -0.3 is 4.74 Å². The first-order valence-corrected chi connectivity index (χ1v) is 5.32. The van der Waals surface area contributed by atoms with Crippen LogP contribution in [0, 0.1) is 11.5 Å². The molecule has 0 aliphatic heterocycles. The predicted octanol–water partition coefficient (Wildman–Crippen LogP) is 0.953. The highest BCUT2D eigenvalue weighted by Crippen LogP contribution is 2.26. The zero-order valence-electron chi connectivity index (χ0n) is 7.78. The number of amidine groups is 1. The topological polar surface area (TPSA) is 57.4 Å². The van der Waals surface area contributed by atoms with Crippen molar-refractivity contribution in [2.24, 2.45) is 4.99 Å². The van der Waals surface area contributed by atoms with Gasteiger partial charge in [-0.1, -0.05) is 11.8 Å². The van der Waals surface area contributed by atoms with Crippen LogP contribution in [0.4, 0.5) is 0 Å². The molecule has 1 saturated carbocycles. The molecule has 0 saturated heterocycles. The van der Waals surface area contributed by atoms with Gasteiger partial charge in [-0.25, -0.2) is 0 Å². The number of thioether (sulfide) groups is 1. The summed E-state index contributed by atoms with van der Waals surface area (Å²) in [5, 5.41) is 11.6. The Morgan fingerprint density at radius 2 is 2.38 bits per heavy atom. The summed E-state index contributed by atoms with van der Waals surface area (Å²) < 4.78 is 5.13. The highest BCUT2D eigenvalue weighted by atomic mass is 32.2. The monoisotopic (exact) mass is 199 g/mol. The quantitative estimate of drug-likeness (QED) is 0.311. The Kier molecular flexibility index (Phi) is 4.06. The van der Waals surface area contributed by atoms with Crippen LogP contribution in [-0.2, 0) is 4.74 Å². The maximum Gasteiger partial charge on any atom is 0.183 e. The number of hydrogen-bond donors (Lipinski definition) is 1. The van der Waals surface area contributed by atoms with Gasteiger partial charge in [-0.05, 0) is 19.1 Å². The number of rotatable bonds is 2. The minimum atomic E-state index is 0.327. The van der Waals surface area contributed by atoms with Crippen LogP contribution in [0.15, 0.2) is 4.99 Å². The van der Waals surface area contributed by atoms with E-state index in [0.29, 0.717) is 17.3 Å². The molecule has 0 aromatic heterocycles. The van der Waals surface area contributed by atoms with Crippen molar-refractivity contribution in [2.45, 2.75) is 25.0 Å². The van der Waals surface area contributed by atoms with E-state index in [1.54, 1.807) is 7.11 Å². The fourth-order valence-electron chi connectivity index (χ4n) is 1.19. The van der Waals surface area contributed by atoms with E-state index in [9.17, 15) is 0 Å². The van der Waals surface area contributed by atoms with Crippen molar-refractivity contribution in [2.75, 3.05) is 13.4 Å². The molecule has 1 N–H and O–H groups in total. The molecule has 1 fully saturated rings. The van der Waals surface area contributed by atoms with Crippen LogP contribution in [0.1, 0.15) is 12.8 Å². The summed E-state index contributed by atoms with van der Waals surface area (Å²) in [5.74, 6) is 0. The molecular weight excluding hydrogens is 186 g/mol. The van der Waals surface area contributed by atoms with Gasteiger partial charge in [0.15, 0.2) is 11.4 Å². The molecular formula is C8H13N3OS. The predicted molar refractivity (Wildman–Crippen MR) is 53.5 cm³/mol. The molecule has 1 rings (SSSR count). The lowest BCUT2D eigenvalue weighted by atomic mass is 9.90. The van der Waals surface area contributed by atoms with Gasteiger partial charge in [0.1, 0.15) is 0 Å². The van der Waals surface area contributed by atoms with Crippen molar-refractivity contribution in [3.8, 4) is 6.19 Å². The lowest BCUT2D eigenvalue weighted by Gasteiger charge is -2.31. The number of nitriles is 1. The number of nitrogens with zero attached hydrogens (tertiary/aromatic N) is 2. The number of methoxy groups -OCH3 is 1. The summed E-state index contributed by atoms with van der Waals surface area (Å²) in [6, 6.07) is 0.327. The average Bonchev–Trinajstić information content (AvgIpc) is 2.08. The summed E-state index contributed by atoms with van der Waals surface area (Å²) in [6.07, 6.45) is 6.06. The van der Waals surface area contributed by atoms with Gasteiger partial charge in [-0.2, -0.15) is 5.26 Å². The molecule has 0 bridgehead atoms. The van der Waals surface area contributed by atoms with Gasteiger partial charge in [0, 0.05) is 7.11 Å². The molecule has 0 aromatic rings. The molecule has 72 valence electrons. The molecule has 13 heavy (non-hydrogen) atoms. The van der Waals surface area contributed by atoms with E-state index in [1.807, 2.05) is 12.4 Å². The fraction of sp³-hybridized carbons (Fsp3) is 0.750. The van der Waals surface area contributed by atoms with Gasteiger partial charge in [0.25, 0.3) is 0 Å². The van der Waals surface area contributed by atoms with Crippen LogP contribution >= 0.6 is 11.8 Å². The Balaban J connectivity index is 2.34. The molecule has 1 aliphatic carbocycles. The van der Waals surface area contributed by atoms with Crippen molar-refractivity contribution in [1.82, 2.24) is 5.32 Å². The van der Waals surface area contributed by atoms with Crippen molar-refractivity contribution in [3.63, 3.8) is 0 Å². The van der Waals surface area contributed by atoms with E-state index < -0.39 is 0 Å². The highest BCUT2D eigenvalue weighted by Gasteiger charge is 2.28. The third-order valence-corrected chi connectivity index (χ3v) is 2.65. The smallest absolute Gasteiger partial charge is 0.183 e. The van der Waals surface area contributed by atoms with Crippen molar-refractivity contribution < 1.29 is 4.74 Å². The molecule has 0 aromatic carbocycles. The summed E-state index contributed by atoms with van der Waals surface area (Å²) in [5.41, 5.74) is 0. The Labute approximate surface area is 82.4 Å². The zero-order chi connectivity index (χ0) is 9.68. The zero-order valence-corrected chi connectivity index (χ0v) is 8.60. The van der Waals surface area contributed by atoms with Crippen molar-refractivity contribution in [3.05, 3.63) is 0 Å². The van der Waals surface area contributed by atoms with Gasteiger partial charge in [0.2, 0.25) is 0 Å². The number of nitrogens with one attached hydrogen (secondary N) is 1. The van der Waals surface area contributed by atoms with Crippen LogP contribution in [0.2, 0.25) is 0 Å². The maximum absolute atomic E-state index is 8.39. The molecule has 0 spiro atoms. The second kappa shape index (κ2) is 5.10. The Hall–Kier alpha value is -0.730. The molecule has 4 nitrogen and oxygen atoms in total. The third-order valence-electron chi connectivity index (χ3n) is 2.06. The van der Waals surface area contributed by atoms with Gasteiger partial charge in [0.05, 0.1) is 12.1 Å². The Morgan fingerprint density at radius 3 is 2.85 bits per heavy atom. The average molecular weight is 199 g/mol. The largest absolute Gasteiger partial charge is 0.381 e. The third kappa shape index (κ3) is 2.90. The second-order valence-corrected chi connectivity index (χ2v) is 3.65. The summed E-state index contributed by atoms with van der Waals surface area (Å²) >= 11 is 1.46. The van der Waals surface area contributed by atoms with Crippen LogP contribution in [0.3, 0.4) is 0 Å². The number of ether oxygens (including phenoxy) is 1. The molecule has 0 unspecified atom stereocenters. The van der Waals surface area contributed by atoms with Crippen molar-refractivity contribution >= 4 is 16.9 Å². The first-order chi connectivity index (χ1) is 6.30. The van der Waals surface area contributed by atoms with E-state index in [-0.39, 0.29) is 0 Å². The van der Waals surface area contributed by atoms with E-state index in [1.165, 1.54) is 11.8 Å². The van der Waals surface area contributed by atoms with Crippen LogP contribution in [-0.4, -0.2) is 30.7 Å². The SMILES string of the molecule is COC1CC(N=C(NC#N)SC)C1. The standard InChI is InChI=1S/C8H13N3OS/c1-12-7-3-6(4-7)11-8(13-2)10-5-9/h6-7H,3-4H2,1-2H3,(H,10,11). The fourth-order valence-corrected chi connectivity index (χ4v) is 1.59. The Bertz CT molecular complexity index is 230. The molecule has 1 aliphatic rings. The number of hydrogen-bond acceptors (Lipinski definition) is 4. The molecule has 0 amide bonds. The molecule has 0 atom stereocenters. The van der Waals surface area contributed by atoms with E-state index >= 15 is 0 Å². The van der Waals surface area contributed by atoms with Gasteiger partial charge >= 0.3 is 0 Å². The van der Waals surface area contributed by atoms with Crippen LogP contribution in [0.5, 0.6) is 0 Å². The highest BCUT2D eigenvalue weighted by molar-refractivity contribution is 8.13. The number of aliphatic imine (C=N–C) groups is 1. The van der Waals surface area contributed by atoms with E-state index in [4.69, 9.17) is 10.00 Å². The second-order valence-electron chi connectivity index (χ2n) is 2.86. The lowest BCUT2D eigenvalue weighted by molar-refractivity contribution is 0.0285. The van der Waals surface area contributed by atoms with E-state index in [2.05, 4.69) is 10.3 Å².